The third-order valence-corrected chi connectivity index (χ3v) is 6.14. The average molecular weight is 434 g/mol. The highest BCUT2D eigenvalue weighted by Gasteiger charge is 2.50. The molecule has 4 nitrogen and oxygen atoms in total. The minimum Gasteiger partial charge on any atom is -0.375 e. The molecule has 1 amide bonds. The second-order valence-electron chi connectivity index (χ2n) is 8.29. The zero-order chi connectivity index (χ0) is 22.8. The Balaban J connectivity index is 1.45. The maximum Gasteiger partial charge on any atom is 0.264 e. The van der Waals surface area contributed by atoms with Gasteiger partial charge in [0.15, 0.2) is 11.4 Å². The Hall–Kier alpha value is -4.02. The lowest BCUT2D eigenvalue weighted by Crippen LogP contribution is -2.41. The first-order valence-electron chi connectivity index (χ1n) is 10.9. The molecule has 0 saturated heterocycles. The first-order chi connectivity index (χ1) is 16.1. The summed E-state index contributed by atoms with van der Waals surface area (Å²) in [6.07, 6.45) is 2.82. The highest BCUT2D eigenvalue weighted by Crippen LogP contribution is 2.43. The van der Waals surface area contributed by atoms with E-state index >= 15 is 0 Å². The first kappa shape index (κ1) is 20.9. The van der Waals surface area contributed by atoms with Gasteiger partial charge in [-0.15, -0.1) is 0 Å². The number of rotatable bonds is 6. The Morgan fingerprint density at radius 1 is 0.848 bits per heavy atom. The smallest absolute Gasteiger partial charge is 0.264 e. The normalized spacial score (nSPS) is 17.6. The van der Waals surface area contributed by atoms with Crippen molar-refractivity contribution in [3.8, 4) is 0 Å². The molecule has 4 aromatic carbocycles. The summed E-state index contributed by atoms with van der Waals surface area (Å²) in [5.41, 5.74) is 1.08. The lowest BCUT2D eigenvalue weighted by molar-refractivity contribution is -0.140. The number of anilines is 1. The molecule has 0 fully saturated rings. The van der Waals surface area contributed by atoms with Crippen LogP contribution in [0.2, 0.25) is 0 Å². The summed E-state index contributed by atoms with van der Waals surface area (Å²) in [5, 5.41) is 13.6. The zero-order valence-corrected chi connectivity index (χ0v) is 18.0. The Morgan fingerprint density at radius 3 is 2.39 bits per heavy atom. The van der Waals surface area contributed by atoms with Gasteiger partial charge in [0.2, 0.25) is 0 Å². The number of aliphatic hydroxyl groups is 1. The number of carbonyl (C=O) groups excluding carboxylic acids is 2. The van der Waals surface area contributed by atoms with Gasteiger partial charge in [-0.1, -0.05) is 97.1 Å². The number of carbonyl (C=O) groups is 2. The molecule has 1 aliphatic rings. The number of fused-ring (bicyclic) bond motifs is 2. The summed E-state index contributed by atoms with van der Waals surface area (Å²) < 4.78 is 0. The lowest BCUT2D eigenvalue weighted by Gasteiger charge is -2.23. The lowest BCUT2D eigenvalue weighted by atomic mass is 9.89. The van der Waals surface area contributed by atoms with E-state index < -0.39 is 11.5 Å². The second-order valence-corrected chi connectivity index (χ2v) is 8.29. The molecular weight excluding hydrogens is 410 g/mol. The summed E-state index contributed by atoms with van der Waals surface area (Å²) in [7, 11) is 0. The molecule has 0 unspecified atom stereocenters. The van der Waals surface area contributed by atoms with Crippen LogP contribution in [0, 0.1) is 0 Å². The molecule has 0 spiro atoms. The minimum absolute atomic E-state index is 0.307. The van der Waals surface area contributed by atoms with E-state index in [9.17, 15) is 14.7 Å². The molecule has 0 aliphatic carbocycles. The van der Waals surface area contributed by atoms with Crippen molar-refractivity contribution in [2.24, 2.45) is 0 Å². The molecule has 1 aliphatic heterocycles. The molecule has 1 atom stereocenters. The van der Waals surface area contributed by atoms with Crippen LogP contribution in [0.25, 0.3) is 16.8 Å². The number of hydrogen-bond acceptors (Lipinski definition) is 3. The Labute approximate surface area is 192 Å². The number of hydrogen-bond donors (Lipinski definition) is 1. The monoisotopic (exact) mass is 433 g/mol. The van der Waals surface area contributed by atoms with Crippen LogP contribution in [0.4, 0.5) is 5.69 Å². The highest BCUT2D eigenvalue weighted by molar-refractivity contribution is 6.10. The summed E-state index contributed by atoms with van der Waals surface area (Å²) in [5.74, 6) is -0.783. The highest BCUT2D eigenvalue weighted by atomic mass is 16.3. The largest absolute Gasteiger partial charge is 0.375 e. The Morgan fingerprint density at radius 2 is 1.55 bits per heavy atom. The fourth-order valence-electron chi connectivity index (χ4n) is 4.50. The molecule has 4 heteroatoms. The summed E-state index contributed by atoms with van der Waals surface area (Å²) in [6, 6.07) is 30.6. The molecule has 162 valence electrons. The topological polar surface area (TPSA) is 57.6 Å². The van der Waals surface area contributed by atoms with Gasteiger partial charge in [0.05, 0.1) is 18.7 Å². The predicted molar refractivity (Wildman–Crippen MR) is 131 cm³/mol. The van der Waals surface area contributed by atoms with Crippen LogP contribution in [0.5, 0.6) is 0 Å². The van der Waals surface area contributed by atoms with Crippen molar-refractivity contribution in [1.82, 2.24) is 0 Å². The standard InChI is InChI=1S/C29H23NO3/c31-24(18-17-21-9-2-1-3-10-21)19-29(33)26-15-6-7-16-27(26)30(28(29)32)20-23-13-8-12-22-11-4-5-14-25(22)23/h1-18,33H,19-20H2/b18-17-/t29-/m0/s1. The second kappa shape index (κ2) is 8.49. The Kier molecular flexibility index (Phi) is 5.37. The van der Waals surface area contributed by atoms with Gasteiger partial charge in [-0.3, -0.25) is 9.59 Å². The van der Waals surface area contributed by atoms with Gasteiger partial charge in [0.25, 0.3) is 5.91 Å². The number of allylic oxidation sites excluding steroid dienone is 1. The van der Waals surface area contributed by atoms with Crippen LogP contribution in [-0.2, 0) is 21.7 Å². The summed E-state index contributed by atoms with van der Waals surface area (Å²) in [6.45, 7) is 0.313. The van der Waals surface area contributed by atoms with E-state index in [2.05, 4.69) is 0 Å². The average Bonchev–Trinajstić information content (AvgIpc) is 3.05. The van der Waals surface area contributed by atoms with Gasteiger partial charge in [0.1, 0.15) is 0 Å². The number of para-hydroxylation sites is 1. The number of amides is 1. The molecule has 1 heterocycles. The van der Waals surface area contributed by atoms with E-state index in [1.54, 1.807) is 23.1 Å². The van der Waals surface area contributed by atoms with Crippen LogP contribution in [-0.4, -0.2) is 16.8 Å². The van der Waals surface area contributed by atoms with Crippen LogP contribution in [0.15, 0.2) is 103 Å². The van der Waals surface area contributed by atoms with E-state index in [-0.39, 0.29) is 12.2 Å². The van der Waals surface area contributed by atoms with Gasteiger partial charge in [0, 0.05) is 5.56 Å². The van der Waals surface area contributed by atoms with Gasteiger partial charge in [-0.2, -0.15) is 0 Å². The maximum absolute atomic E-state index is 13.5. The molecule has 0 saturated carbocycles. The van der Waals surface area contributed by atoms with E-state index in [1.165, 1.54) is 6.08 Å². The van der Waals surface area contributed by atoms with Crippen molar-refractivity contribution in [1.29, 1.82) is 0 Å². The minimum atomic E-state index is -1.89. The quantitative estimate of drug-likeness (QED) is 0.423. The third-order valence-electron chi connectivity index (χ3n) is 6.14. The van der Waals surface area contributed by atoms with Crippen molar-refractivity contribution in [2.75, 3.05) is 4.90 Å². The Bertz CT molecular complexity index is 1370. The summed E-state index contributed by atoms with van der Waals surface area (Å²) >= 11 is 0. The maximum atomic E-state index is 13.5. The van der Waals surface area contributed by atoms with E-state index in [0.717, 1.165) is 21.9 Å². The molecular formula is C29H23NO3. The molecule has 5 rings (SSSR count). The molecule has 0 bridgehead atoms. The van der Waals surface area contributed by atoms with Gasteiger partial charge in [-0.05, 0) is 34.0 Å². The molecule has 1 N–H and O–H groups in total. The molecule has 0 radical (unpaired) electrons. The predicted octanol–water partition coefficient (Wildman–Crippen LogP) is 5.25. The van der Waals surface area contributed by atoms with Crippen molar-refractivity contribution < 1.29 is 14.7 Å². The number of nitrogens with zero attached hydrogens (tertiary/aromatic N) is 1. The SMILES string of the molecule is O=C(/C=C\c1ccccc1)C[C@@]1(O)C(=O)N(Cc2cccc3ccccc23)c2ccccc21. The van der Waals surface area contributed by atoms with Crippen LogP contribution in [0.3, 0.4) is 0 Å². The van der Waals surface area contributed by atoms with Crippen molar-refractivity contribution in [3.05, 3.63) is 120 Å². The van der Waals surface area contributed by atoms with Crippen LogP contribution in [0.1, 0.15) is 23.1 Å². The van der Waals surface area contributed by atoms with Crippen molar-refractivity contribution in [3.63, 3.8) is 0 Å². The van der Waals surface area contributed by atoms with E-state index in [0.29, 0.717) is 17.8 Å². The molecule has 4 aromatic rings. The van der Waals surface area contributed by atoms with Crippen LogP contribution >= 0.6 is 0 Å². The fourth-order valence-corrected chi connectivity index (χ4v) is 4.50. The number of ketones is 1. The first-order valence-corrected chi connectivity index (χ1v) is 10.9. The third kappa shape index (κ3) is 3.86. The van der Waals surface area contributed by atoms with Gasteiger partial charge in [-0.25, -0.2) is 0 Å². The molecule has 0 aromatic heterocycles. The summed E-state index contributed by atoms with van der Waals surface area (Å²) in [4.78, 5) is 27.9. The fraction of sp³-hybridized carbons (Fsp3) is 0.103. The van der Waals surface area contributed by atoms with Crippen molar-refractivity contribution in [2.45, 2.75) is 18.6 Å². The van der Waals surface area contributed by atoms with Crippen LogP contribution < -0.4 is 4.90 Å². The van der Waals surface area contributed by atoms with Gasteiger partial charge < -0.3 is 10.0 Å². The van der Waals surface area contributed by atoms with E-state index in [4.69, 9.17) is 0 Å². The number of benzene rings is 4. The zero-order valence-electron chi connectivity index (χ0n) is 18.0. The molecule has 33 heavy (non-hydrogen) atoms. The van der Waals surface area contributed by atoms with Crippen molar-refractivity contribution >= 4 is 34.2 Å². The van der Waals surface area contributed by atoms with E-state index in [1.807, 2.05) is 84.9 Å². The van der Waals surface area contributed by atoms with Gasteiger partial charge >= 0.3 is 0 Å².